The van der Waals surface area contributed by atoms with Crippen molar-refractivity contribution < 1.29 is 19.1 Å². The number of amides is 3. The van der Waals surface area contributed by atoms with Crippen LogP contribution in [0.25, 0.3) is 10.8 Å². The second kappa shape index (κ2) is 12.4. The zero-order chi connectivity index (χ0) is 27.8. The van der Waals surface area contributed by atoms with Crippen LogP contribution in [0, 0.1) is 11.3 Å². The molecule has 2 atom stereocenters. The number of fused-ring (bicyclic) bond motifs is 1. The van der Waals surface area contributed by atoms with Crippen LogP contribution in [0.5, 0.6) is 5.75 Å². The number of rotatable bonds is 9. The van der Waals surface area contributed by atoms with E-state index in [1.807, 2.05) is 30.3 Å². The SMILES string of the molecule is COc1ccc(NC(=O)[C@H](C)NC(=O)[C@H](Cc2ccc(C#N)cc2)NC(=O)c2cccc3ccccc23)cc1. The molecule has 0 unspecified atom stereocenters. The normalized spacial score (nSPS) is 12.0. The Labute approximate surface area is 226 Å². The molecule has 39 heavy (non-hydrogen) atoms. The molecular weight excluding hydrogens is 492 g/mol. The van der Waals surface area contributed by atoms with Crippen molar-refractivity contribution in [1.82, 2.24) is 10.6 Å². The third-order valence-corrected chi connectivity index (χ3v) is 6.29. The van der Waals surface area contributed by atoms with Gasteiger partial charge in [0.15, 0.2) is 0 Å². The Morgan fingerprint density at radius 3 is 2.23 bits per heavy atom. The van der Waals surface area contributed by atoms with E-state index in [9.17, 15) is 14.4 Å². The minimum Gasteiger partial charge on any atom is -0.497 e. The summed E-state index contributed by atoms with van der Waals surface area (Å²) in [6.45, 7) is 1.57. The van der Waals surface area contributed by atoms with Crippen LogP contribution in [-0.4, -0.2) is 36.9 Å². The van der Waals surface area contributed by atoms with Crippen LogP contribution in [0.15, 0.2) is 91.0 Å². The Bertz CT molecular complexity index is 1520. The van der Waals surface area contributed by atoms with Gasteiger partial charge in [-0.15, -0.1) is 0 Å². The second-order valence-corrected chi connectivity index (χ2v) is 9.01. The number of nitrogens with one attached hydrogen (secondary N) is 3. The highest BCUT2D eigenvalue weighted by molar-refractivity contribution is 6.08. The van der Waals surface area contributed by atoms with E-state index in [0.29, 0.717) is 22.6 Å². The summed E-state index contributed by atoms with van der Waals surface area (Å²) in [5.41, 5.74) is 2.24. The Morgan fingerprint density at radius 1 is 0.846 bits per heavy atom. The summed E-state index contributed by atoms with van der Waals surface area (Å²) in [6.07, 6.45) is 0.168. The van der Waals surface area contributed by atoms with Crippen LogP contribution >= 0.6 is 0 Å². The molecule has 3 amide bonds. The van der Waals surface area contributed by atoms with Crippen LogP contribution in [0.2, 0.25) is 0 Å². The number of benzene rings is 4. The van der Waals surface area contributed by atoms with Crippen LogP contribution in [-0.2, 0) is 16.0 Å². The highest BCUT2D eigenvalue weighted by atomic mass is 16.5. The number of hydrogen-bond donors (Lipinski definition) is 3. The number of nitrogens with zero attached hydrogens (tertiary/aromatic N) is 1. The second-order valence-electron chi connectivity index (χ2n) is 9.01. The van der Waals surface area contributed by atoms with Gasteiger partial charge in [0.1, 0.15) is 17.8 Å². The Kier molecular flexibility index (Phi) is 8.54. The summed E-state index contributed by atoms with van der Waals surface area (Å²) in [5.74, 6) is -0.672. The Hall–Kier alpha value is -5.16. The summed E-state index contributed by atoms with van der Waals surface area (Å²) in [6, 6.07) is 26.8. The van der Waals surface area contributed by atoms with Gasteiger partial charge in [-0.1, -0.05) is 48.5 Å². The molecule has 4 aromatic carbocycles. The Balaban J connectivity index is 1.51. The molecule has 0 saturated heterocycles. The summed E-state index contributed by atoms with van der Waals surface area (Å²) < 4.78 is 5.13. The van der Waals surface area contributed by atoms with Gasteiger partial charge >= 0.3 is 0 Å². The highest BCUT2D eigenvalue weighted by Crippen LogP contribution is 2.19. The van der Waals surface area contributed by atoms with E-state index >= 15 is 0 Å². The Morgan fingerprint density at radius 2 is 1.54 bits per heavy atom. The van der Waals surface area contributed by atoms with Crippen molar-refractivity contribution in [1.29, 1.82) is 5.26 Å². The average Bonchev–Trinajstić information content (AvgIpc) is 2.97. The number of carbonyl (C=O) groups excluding carboxylic acids is 3. The van der Waals surface area contributed by atoms with Crippen molar-refractivity contribution in [2.45, 2.75) is 25.4 Å². The zero-order valence-corrected chi connectivity index (χ0v) is 21.6. The number of hydrogen-bond acceptors (Lipinski definition) is 5. The average molecular weight is 521 g/mol. The van der Waals surface area contributed by atoms with Gasteiger partial charge in [-0.25, -0.2) is 0 Å². The number of anilines is 1. The first kappa shape index (κ1) is 26.9. The van der Waals surface area contributed by atoms with Gasteiger partial charge in [0.25, 0.3) is 5.91 Å². The lowest BCUT2D eigenvalue weighted by Crippen LogP contribution is -2.52. The van der Waals surface area contributed by atoms with Gasteiger partial charge in [-0.2, -0.15) is 5.26 Å². The minimum atomic E-state index is -0.972. The van der Waals surface area contributed by atoms with Crippen molar-refractivity contribution >= 4 is 34.2 Å². The van der Waals surface area contributed by atoms with Crippen molar-refractivity contribution in [3.63, 3.8) is 0 Å². The van der Waals surface area contributed by atoms with E-state index in [-0.39, 0.29) is 6.42 Å². The topological polar surface area (TPSA) is 120 Å². The van der Waals surface area contributed by atoms with Gasteiger partial charge < -0.3 is 20.7 Å². The first-order valence-electron chi connectivity index (χ1n) is 12.4. The van der Waals surface area contributed by atoms with Crippen LogP contribution < -0.4 is 20.7 Å². The van der Waals surface area contributed by atoms with Crippen molar-refractivity contribution in [2.75, 3.05) is 12.4 Å². The molecule has 0 aliphatic heterocycles. The zero-order valence-electron chi connectivity index (χ0n) is 21.6. The first-order chi connectivity index (χ1) is 18.9. The van der Waals surface area contributed by atoms with Gasteiger partial charge in [-0.05, 0) is 65.7 Å². The molecule has 0 aliphatic rings. The van der Waals surface area contributed by atoms with Crippen LogP contribution in [0.3, 0.4) is 0 Å². The van der Waals surface area contributed by atoms with Crippen LogP contribution in [0.4, 0.5) is 5.69 Å². The summed E-state index contributed by atoms with van der Waals surface area (Å²) in [4.78, 5) is 39.5. The van der Waals surface area contributed by atoms with Crippen molar-refractivity contribution in [2.24, 2.45) is 0 Å². The smallest absolute Gasteiger partial charge is 0.252 e. The molecular formula is C31H28N4O4. The predicted molar refractivity (Wildman–Crippen MR) is 149 cm³/mol. The molecule has 8 nitrogen and oxygen atoms in total. The first-order valence-corrected chi connectivity index (χ1v) is 12.4. The molecule has 4 rings (SSSR count). The summed E-state index contributed by atoms with van der Waals surface area (Å²) in [7, 11) is 1.55. The third kappa shape index (κ3) is 6.79. The maximum Gasteiger partial charge on any atom is 0.252 e. The maximum absolute atomic E-state index is 13.4. The number of carbonyl (C=O) groups is 3. The number of ether oxygens (including phenoxy) is 1. The standard InChI is InChI=1S/C31H28N4O4/c1-20(29(36)34-24-14-16-25(39-2)17-15-24)33-31(38)28(18-21-10-12-22(19-32)13-11-21)35-30(37)27-9-5-7-23-6-3-4-8-26(23)27/h3-17,20,28H,18H2,1-2H3,(H,33,38)(H,34,36)(H,35,37)/t20-,28-/m0/s1. The van der Waals surface area contributed by atoms with E-state index in [0.717, 1.165) is 16.3 Å². The molecule has 0 saturated carbocycles. The molecule has 0 aliphatic carbocycles. The van der Waals surface area contributed by atoms with E-state index in [1.165, 1.54) is 0 Å². The van der Waals surface area contributed by atoms with E-state index in [4.69, 9.17) is 10.00 Å². The fraction of sp³-hybridized carbons (Fsp3) is 0.161. The highest BCUT2D eigenvalue weighted by Gasteiger charge is 2.26. The molecule has 0 radical (unpaired) electrons. The molecule has 3 N–H and O–H groups in total. The lowest BCUT2D eigenvalue weighted by atomic mass is 10.0. The molecule has 196 valence electrons. The third-order valence-electron chi connectivity index (χ3n) is 6.29. The largest absolute Gasteiger partial charge is 0.497 e. The summed E-state index contributed by atoms with van der Waals surface area (Å²) >= 11 is 0. The molecule has 0 spiro atoms. The van der Waals surface area contributed by atoms with E-state index in [2.05, 4.69) is 22.0 Å². The van der Waals surface area contributed by atoms with Gasteiger partial charge in [-0.3, -0.25) is 14.4 Å². The molecule has 0 bridgehead atoms. The van der Waals surface area contributed by atoms with E-state index in [1.54, 1.807) is 74.7 Å². The van der Waals surface area contributed by atoms with Gasteiger partial charge in [0.2, 0.25) is 11.8 Å². The lowest BCUT2D eigenvalue weighted by Gasteiger charge is -2.22. The fourth-order valence-corrected chi connectivity index (χ4v) is 4.12. The predicted octanol–water partition coefficient (Wildman–Crippen LogP) is 4.20. The maximum atomic E-state index is 13.4. The number of nitriles is 1. The van der Waals surface area contributed by atoms with Crippen LogP contribution in [0.1, 0.15) is 28.4 Å². The molecule has 0 heterocycles. The lowest BCUT2D eigenvalue weighted by molar-refractivity contribution is -0.127. The minimum absolute atomic E-state index is 0.168. The molecule has 0 aromatic heterocycles. The van der Waals surface area contributed by atoms with Gasteiger partial charge in [0.05, 0.1) is 18.7 Å². The molecule has 4 aromatic rings. The fourth-order valence-electron chi connectivity index (χ4n) is 4.12. The quantitative estimate of drug-likeness (QED) is 0.305. The number of methoxy groups -OCH3 is 1. The van der Waals surface area contributed by atoms with Crippen molar-refractivity contribution in [3.05, 3.63) is 108 Å². The monoisotopic (exact) mass is 520 g/mol. The summed E-state index contributed by atoms with van der Waals surface area (Å²) in [5, 5.41) is 19.1. The molecule has 8 heteroatoms. The van der Waals surface area contributed by atoms with Gasteiger partial charge in [0, 0.05) is 17.7 Å². The molecule has 0 fully saturated rings. The van der Waals surface area contributed by atoms with Crippen molar-refractivity contribution in [3.8, 4) is 11.8 Å². The van der Waals surface area contributed by atoms with E-state index < -0.39 is 29.8 Å².